The van der Waals surface area contributed by atoms with E-state index in [9.17, 15) is 9.59 Å². The summed E-state index contributed by atoms with van der Waals surface area (Å²) in [5.41, 5.74) is 4.04. The third-order valence-corrected chi connectivity index (χ3v) is 3.64. The van der Waals surface area contributed by atoms with E-state index in [0.717, 1.165) is 0 Å². The van der Waals surface area contributed by atoms with Crippen LogP contribution in [-0.4, -0.2) is 22.1 Å². The van der Waals surface area contributed by atoms with Crippen LogP contribution in [0.15, 0.2) is 58.4 Å². The van der Waals surface area contributed by atoms with Crippen molar-refractivity contribution in [3.63, 3.8) is 0 Å². The average Bonchev–Trinajstić information content (AvgIpc) is 2.57. The van der Waals surface area contributed by atoms with Gasteiger partial charge in [0, 0.05) is 10.6 Å². The van der Waals surface area contributed by atoms with Crippen LogP contribution >= 0.6 is 11.6 Å². The van der Waals surface area contributed by atoms with Crippen LogP contribution in [0.4, 0.5) is 0 Å². The molecule has 0 aliphatic carbocycles. The Bertz CT molecular complexity index is 981. The highest BCUT2D eigenvalue weighted by molar-refractivity contribution is 6.33. The molecule has 1 heterocycles. The standard InChI is InChI=1S/C17H13ClN4O2/c18-12-6-2-1-5-11(12)10-19-22-16(23)9-15-17(24)21-14-8-4-3-7-13(14)20-15/h1-8,10H,9H2,(H,21,24)(H,22,23)/b19-10-. The fraction of sp³-hybridized carbons (Fsp3) is 0.0588. The Morgan fingerprint density at radius 3 is 2.79 bits per heavy atom. The van der Waals surface area contributed by atoms with Gasteiger partial charge in [-0.3, -0.25) is 9.59 Å². The second-order valence-corrected chi connectivity index (χ2v) is 5.43. The summed E-state index contributed by atoms with van der Waals surface area (Å²) < 4.78 is 0. The van der Waals surface area contributed by atoms with E-state index >= 15 is 0 Å². The lowest BCUT2D eigenvalue weighted by Crippen LogP contribution is -2.25. The number of halogens is 1. The molecule has 24 heavy (non-hydrogen) atoms. The smallest absolute Gasteiger partial charge is 0.270 e. The first-order chi connectivity index (χ1) is 11.6. The molecule has 3 aromatic rings. The summed E-state index contributed by atoms with van der Waals surface area (Å²) in [7, 11) is 0. The highest BCUT2D eigenvalue weighted by Gasteiger charge is 2.09. The van der Waals surface area contributed by atoms with Crippen molar-refractivity contribution in [1.82, 2.24) is 15.4 Å². The summed E-state index contributed by atoms with van der Waals surface area (Å²) in [6.07, 6.45) is 1.28. The van der Waals surface area contributed by atoms with E-state index in [1.807, 2.05) is 12.1 Å². The van der Waals surface area contributed by atoms with Crippen molar-refractivity contribution in [2.75, 3.05) is 0 Å². The molecule has 7 heteroatoms. The zero-order chi connectivity index (χ0) is 16.9. The molecule has 1 aromatic heterocycles. The van der Waals surface area contributed by atoms with Crippen molar-refractivity contribution < 1.29 is 4.79 Å². The lowest BCUT2D eigenvalue weighted by molar-refractivity contribution is -0.120. The Labute approximate surface area is 142 Å². The van der Waals surface area contributed by atoms with Crippen LogP contribution in [0.1, 0.15) is 11.3 Å². The number of amides is 1. The van der Waals surface area contributed by atoms with Crippen molar-refractivity contribution in [2.24, 2.45) is 5.10 Å². The number of hydrogen-bond donors (Lipinski definition) is 2. The van der Waals surface area contributed by atoms with Gasteiger partial charge in [0.2, 0.25) is 5.91 Å². The number of aromatic amines is 1. The largest absolute Gasteiger partial charge is 0.319 e. The number of nitrogens with one attached hydrogen (secondary N) is 2. The molecule has 0 aliphatic rings. The topological polar surface area (TPSA) is 87.2 Å². The van der Waals surface area contributed by atoms with Crippen molar-refractivity contribution in [2.45, 2.75) is 6.42 Å². The fourth-order valence-electron chi connectivity index (χ4n) is 2.13. The molecule has 0 aliphatic heterocycles. The molecule has 6 nitrogen and oxygen atoms in total. The van der Waals surface area contributed by atoms with E-state index in [2.05, 4.69) is 20.5 Å². The van der Waals surface area contributed by atoms with Gasteiger partial charge < -0.3 is 4.98 Å². The summed E-state index contributed by atoms with van der Waals surface area (Å²) in [5, 5.41) is 4.37. The summed E-state index contributed by atoms with van der Waals surface area (Å²) in [6, 6.07) is 14.2. The maximum Gasteiger partial charge on any atom is 0.270 e. The van der Waals surface area contributed by atoms with Gasteiger partial charge in [0.25, 0.3) is 5.56 Å². The van der Waals surface area contributed by atoms with Crippen LogP contribution in [-0.2, 0) is 11.2 Å². The predicted molar refractivity (Wildman–Crippen MR) is 93.3 cm³/mol. The number of hydrogen-bond acceptors (Lipinski definition) is 4. The Balaban J connectivity index is 1.70. The number of benzene rings is 2. The van der Waals surface area contributed by atoms with Crippen LogP contribution in [0, 0.1) is 0 Å². The van der Waals surface area contributed by atoms with Gasteiger partial charge >= 0.3 is 0 Å². The predicted octanol–water partition coefficient (Wildman–Crippen LogP) is 2.27. The van der Waals surface area contributed by atoms with Gasteiger partial charge in [-0.25, -0.2) is 10.4 Å². The van der Waals surface area contributed by atoms with Crippen LogP contribution in [0.5, 0.6) is 0 Å². The zero-order valence-electron chi connectivity index (χ0n) is 12.5. The number of aromatic nitrogens is 2. The van der Waals surface area contributed by atoms with Crippen molar-refractivity contribution in [1.29, 1.82) is 0 Å². The monoisotopic (exact) mass is 340 g/mol. The Kier molecular flexibility index (Phi) is 4.67. The van der Waals surface area contributed by atoms with Gasteiger partial charge in [-0.1, -0.05) is 41.9 Å². The molecule has 0 bridgehead atoms. The van der Waals surface area contributed by atoms with Crippen LogP contribution in [0.25, 0.3) is 11.0 Å². The number of hydrazone groups is 1. The molecular formula is C17H13ClN4O2. The van der Waals surface area contributed by atoms with Crippen molar-refractivity contribution >= 4 is 34.8 Å². The molecule has 1 amide bonds. The Hall–Kier alpha value is -2.99. The van der Waals surface area contributed by atoms with Crippen molar-refractivity contribution in [3.05, 3.63) is 75.2 Å². The molecular weight excluding hydrogens is 328 g/mol. The maximum atomic E-state index is 12.0. The van der Waals surface area contributed by atoms with E-state index in [1.165, 1.54) is 6.21 Å². The van der Waals surface area contributed by atoms with Crippen LogP contribution < -0.4 is 11.0 Å². The number of carbonyl (C=O) groups excluding carboxylic acids is 1. The van der Waals surface area contributed by atoms with Gasteiger partial charge in [0.05, 0.1) is 23.7 Å². The summed E-state index contributed by atoms with van der Waals surface area (Å²) in [4.78, 5) is 30.8. The minimum atomic E-state index is -0.438. The number of nitrogens with zero attached hydrogens (tertiary/aromatic N) is 2. The number of para-hydroxylation sites is 2. The number of H-pyrrole nitrogens is 1. The van der Waals surface area contributed by atoms with Crippen LogP contribution in [0.3, 0.4) is 0 Å². The highest BCUT2D eigenvalue weighted by Crippen LogP contribution is 2.12. The molecule has 0 saturated heterocycles. The second-order valence-electron chi connectivity index (χ2n) is 5.02. The third-order valence-electron chi connectivity index (χ3n) is 3.30. The molecule has 0 spiro atoms. The van der Waals surface area contributed by atoms with Crippen LogP contribution in [0.2, 0.25) is 5.02 Å². The molecule has 0 saturated carbocycles. The van der Waals surface area contributed by atoms with E-state index < -0.39 is 5.91 Å². The lowest BCUT2D eigenvalue weighted by Gasteiger charge is -2.02. The Morgan fingerprint density at radius 2 is 1.96 bits per heavy atom. The molecule has 2 aromatic carbocycles. The summed E-state index contributed by atoms with van der Waals surface area (Å²) in [5.74, 6) is -0.438. The van der Waals surface area contributed by atoms with Gasteiger partial charge in [0.1, 0.15) is 5.69 Å². The highest BCUT2D eigenvalue weighted by atomic mass is 35.5. The molecule has 2 N–H and O–H groups in total. The van der Waals surface area contributed by atoms with E-state index in [4.69, 9.17) is 11.6 Å². The summed E-state index contributed by atoms with van der Waals surface area (Å²) >= 11 is 5.99. The van der Waals surface area contributed by atoms with E-state index in [0.29, 0.717) is 21.6 Å². The van der Waals surface area contributed by atoms with Gasteiger partial charge in [-0.2, -0.15) is 5.10 Å². The normalized spacial score (nSPS) is 11.0. The van der Waals surface area contributed by atoms with Gasteiger partial charge in [-0.15, -0.1) is 0 Å². The molecule has 0 radical (unpaired) electrons. The molecule has 0 unspecified atom stereocenters. The van der Waals surface area contributed by atoms with E-state index in [-0.39, 0.29) is 17.7 Å². The Morgan fingerprint density at radius 1 is 1.21 bits per heavy atom. The minimum Gasteiger partial charge on any atom is -0.319 e. The van der Waals surface area contributed by atoms with Crippen molar-refractivity contribution in [3.8, 4) is 0 Å². The maximum absolute atomic E-state index is 12.0. The first-order valence-corrected chi connectivity index (χ1v) is 7.55. The summed E-state index contributed by atoms with van der Waals surface area (Å²) in [6.45, 7) is 0. The van der Waals surface area contributed by atoms with E-state index in [1.54, 1.807) is 36.4 Å². The second kappa shape index (κ2) is 7.06. The first kappa shape index (κ1) is 15.9. The molecule has 0 atom stereocenters. The fourth-order valence-corrected chi connectivity index (χ4v) is 2.32. The molecule has 120 valence electrons. The minimum absolute atomic E-state index is 0.138. The van der Waals surface area contributed by atoms with Gasteiger partial charge in [0.15, 0.2) is 0 Å². The molecule has 3 rings (SSSR count). The number of carbonyl (C=O) groups is 1. The van der Waals surface area contributed by atoms with Gasteiger partial charge in [-0.05, 0) is 18.2 Å². The third kappa shape index (κ3) is 3.67. The number of fused-ring (bicyclic) bond motifs is 1. The SMILES string of the molecule is O=C(Cc1nc2ccccc2[nH]c1=O)N/N=C\c1ccccc1Cl. The molecule has 0 fully saturated rings. The first-order valence-electron chi connectivity index (χ1n) is 7.18. The quantitative estimate of drug-likeness (QED) is 0.564. The number of rotatable bonds is 4. The lowest BCUT2D eigenvalue weighted by atomic mass is 10.2. The zero-order valence-corrected chi connectivity index (χ0v) is 13.2. The average molecular weight is 341 g/mol.